The number of rotatable bonds is 6. The third kappa shape index (κ3) is 5.67. The quantitative estimate of drug-likeness (QED) is 0.495. The number of para-hydroxylation sites is 1. The van der Waals surface area contributed by atoms with Gasteiger partial charge in [-0.3, -0.25) is 19.2 Å². The Kier molecular flexibility index (Phi) is 6.87. The molecule has 0 fully saturated rings. The first-order valence-corrected chi connectivity index (χ1v) is 10.2. The predicted octanol–water partition coefficient (Wildman–Crippen LogP) is 3.89. The molecule has 3 rings (SSSR count). The molecule has 2 aromatic carbocycles. The van der Waals surface area contributed by atoms with Gasteiger partial charge < -0.3 is 15.4 Å². The number of hydrogen-bond acceptors (Lipinski definition) is 6. The van der Waals surface area contributed by atoms with E-state index in [1.807, 2.05) is 0 Å². The summed E-state index contributed by atoms with van der Waals surface area (Å²) in [6.45, 7) is 0.718. The Morgan fingerprint density at radius 2 is 1.88 bits per heavy atom. The third-order valence-corrected chi connectivity index (χ3v) is 5.70. The molecule has 0 saturated heterocycles. The van der Waals surface area contributed by atoms with E-state index in [-0.39, 0.29) is 23.6 Å². The Labute approximate surface area is 184 Å². The second-order valence-electron chi connectivity index (χ2n) is 6.82. The lowest BCUT2D eigenvalue weighted by molar-refractivity contribution is -0.147. The van der Waals surface area contributed by atoms with E-state index < -0.39 is 41.4 Å². The molecule has 2 N–H and O–H groups in total. The Balaban J connectivity index is 1.55. The summed E-state index contributed by atoms with van der Waals surface area (Å²) in [6, 6.07) is 9.28. The highest BCUT2D eigenvalue weighted by Gasteiger charge is 2.34. The number of amides is 2. The summed E-state index contributed by atoms with van der Waals surface area (Å²) in [6.07, 6.45) is -4.93. The van der Waals surface area contributed by atoms with Gasteiger partial charge in [0.25, 0.3) is 5.91 Å². The molecule has 1 atom stereocenters. The van der Waals surface area contributed by atoms with Crippen molar-refractivity contribution in [1.82, 2.24) is 0 Å². The molecule has 0 spiro atoms. The normalized spacial score (nSPS) is 15.4. The van der Waals surface area contributed by atoms with E-state index in [0.717, 1.165) is 23.9 Å². The molecule has 1 unspecified atom stereocenters. The van der Waals surface area contributed by atoms with Crippen LogP contribution in [0.5, 0.6) is 0 Å². The van der Waals surface area contributed by atoms with Crippen molar-refractivity contribution in [3.8, 4) is 0 Å². The van der Waals surface area contributed by atoms with Crippen LogP contribution >= 0.6 is 11.8 Å². The third-order valence-electron chi connectivity index (χ3n) is 4.42. The average molecular weight is 466 g/mol. The van der Waals surface area contributed by atoms with Gasteiger partial charge >= 0.3 is 12.1 Å². The van der Waals surface area contributed by atoms with Gasteiger partial charge in [-0.1, -0.05) is 12.1 Å². The van der Waals surface area contributed by atoms with Gasteiger partial charge in [-0.25, -0.2) is 0 Å². The summed E-state index contributed by atoms with van der Waals surface area (Å²) in [5.74, 6) is -2.39. The van der Waals surface area contributed by atoms with Gasteiger partial charge in [0, 0.05) is 10.5 Å². The fourth-order valence-corrected chi connectivity index (χ4v) is 3.98. The topological polar surface area (TPSA) is 102 Å². The molecule has 2 amide bonds. The molecule has 11 heteroatoms. The first-order chi connectivity index (χ1) is 15.0. The Morgan fingerprint density at radius 3 is 2.56 bits per heavy atom. The number of halogens is 3. The number of Topliss-reactive ketones (excluding diaryl/α,β-unsaturated/α-hetero) is 1. The van der Waals surface area contributed by atoms with Gasteiger partial charge in [-0.05, 0) is 37.3 Å². The molecule has 0 radical (unpaired) electrons. The second kappa shape index (κ2) is 9.43. The van der Waals surface area contributed by atoms with Crippen molar-refractivity contribution in [2.75, 3.05) is 17.2 Å². The van der Waals surface area contributed by atoms with Crippen LogP contribution in [0.1, 0.15) is 29.3 Å². The number of alkyl halides is 3. The maximum Gasteiger partial charge on any atom is 0.416 e. The Bertz CT molecular complexity index is 1090. The summed E-state index contributed by atoms with van der Waals surface area (Å²) in [5.41, 5.74) is -0.303. The zero-order valence-corrected chi connectivity index (χ0v) is 17.4. The molecule has 2 aromatic rings. The monoisotopic (exact) mass is 466 g/mol. The maximum atomic E-state index is 12.8. The predicted molar refractivity (Wildman–Crippen MR) is 110 cm³/mol. The van der Waals surface area contributed by atoms with Crippen LogP contribution in [0.3, 0.4) is 0 Å². The minimum Gasteiger partial charge on any atom is -0.456 e. The molecule has 0 aromatic heterocycles. The average Bonchev–Trinajstić information content (AvgIpc) is 2.72. The fraction of sp³-hybridized carbons (Fsp3) is 0.238. The van der Waals surface area contributed by atoms with Crippen molar-refractivity contribution in [1.29, 1.82) is 0 Å². The zero-order chi connectivity index (χ0) is 23.5. The van der Waals surface area contributed by atoms with Crippen LogP contribution in [0.15, 0.2) is 47.4 Å². The number of esters is 1. The van der Waals surface area contributed by atoms with Crippen LogP contribution < -0.4 is 10.6 Å². The number of hydrogen-bond donors (Lipinski definition) is 2. The molecule has 1 heterocycles. The first kappa shape index (κ1) is 23.3. The van der Waals surface area contributed by atoms with Crippen LogP contribution in [0.2, 0.25) is 0 Å². The molecule has 0 aliphatic carbocycles. The van der Waals surface area contributed by atoms with Crippen molar-refractivity contribution >= 4 is 46.7 Å². The second-order valence-corrected chi connectivity index (χ2v) is 8.06. The highest BCUT2D eigenvalue weighted by Crippen LogP contribution is 2.40. The zero-order valence-electron chi connectivity index (χ0n) is 16.6. The summed E-state index contributed by atoms with van der Waals surface area (Å²) >= 11 is 0.937. The molecule has 0 saturated carbocycles. The van der Waals surface area contributed by atoms with Crippen molar-refractivity contribution in [3.05, 3.63) is 53.6 Å². The summed E-state index contributed by atoms with van der Waals surface area (Å²) < 4.78 is 43.4. The molecule has 1 aliphatic heterocycles. The standard InChI is InChI=1S/C21H17F3N2O5S/c1-11(27)13-4-2-3-5-14(13)25-18(28)10-31-19(29)9-17-20(30)26-15-8-12(21(22,23)24)6-7-16(15)32-17/h2-8,17H,9-10H2,1H3,(H,25,28)(H,26,30). The molecule has 7 nitrogen and oxygen atoms in total. The lowest BCUT2D eigenvalue weighted by atomic mass is 10.1. The Hall–Kier alpha value is -3.34. The van der Waals surface area contributed by atoms with E-state index in [9.17, 15) is 32.3 Å². The van der Waals surface area contributed by atoms with E-state index in [4.69, 9.17) is 4.74 Å². The lowest BCUT2D eigenvalue weighted by Gasteiger charge is -2.24. The molecule has 0 bridgehead atoms. The number of fused-ring (bicyclic) bond motifs is 1. The highest BCUT2D eigenvalue weighted by molar-refractivity contribution is 8.01. The SMILES string of the molecule is CC(=O)c1ccccc1NC(=O)COC(=O)CC1Sc2ccc(C(F)(F)F)cc2NC1=O. The van der Waals surface area contributed by atoms with E-state index in [1.54, 1.807) is 18.2 Å². The van der Waals surface area contributed by atoms with Crippen molar-refractivity contribution in [2.45, 2.75) is 29.7 Å². The number of carbonyl (C=O) groups is 4. The van der Waals surface area contributed by atoms with Gasteiger partial charge in [0.2, 0.25) is 5.91 Å². The van der Waals surface area contributed by atoms with Crippen molar-refractivity contribution in [3.63, 3.8) is 0 Å². The first-order valence-electron chi connectivity index (χ1n) is 9.29. The van der Waals surface area contributed by atoms with E-state index in [1.165, 1.54) is 19.1 Å². The maximum absolute atomic E-state index is 12.8. The number of anilines is 2. The summed E-state index contributed by atoms with van der Waals surface area (Å²) in [5, 5.41) is 3.92. The van der Waals surface area contributed by atoms with Crippen LogP contribution in [0, 0.1) is 0 Å². The van der Waals surface area contributed by atoms with E-state index in [2.05, 4.69) is 10.6 Å². The number of ketones is 1. The van der Waals surface area contributed by atoms with Gasteiger partial charge in [-0.2, -0.15) is 13.2 Å². The number of nitrogens with one attached hydrogen (secondary N) is 2. The molecular formula is C21H17F3N2O5S. The van der Waals surface area contributed by atoms with E-state index >= 15 is 0 Å². The van der Waals surface area contributed by atoms with Crippen molar-refractivity contribution < 1.29 is 37.1 Å². The molecular weight excluding hydrogens is 449 g/mol. The lowest BCUT2D eigenvalue weighted by Crippen LogP contribution is -2.32. The molecule has 168 valence electrons. The molecule has 32 heavy (non-hydrogen) atoms. The van der Waals surface area contributed by atoms with Crippen molar-refractivity contribution in [2.24, 2.45) is 0 Å². The minimum atomic E-state index is -4.55. The van der Waals surface area contributed by atoms with Gasteiger partial charge in [0.15, 0.2) is 12.4 Å². The largest absolute Gasteiger partial charge is 0.456 e. The number of ether oxygens (including phenoxy) is 1. The van der Waals surface area contributed by atoms with Gasteiger partial charge in [0.1, 0.15) is 0 Å². The van der Waals surface area contributed by atoms with Crippen LogP contribution in [-0.4, -0.2) is 35.4 Å². The van der Waals surface area contributed by atoms with Gasteiger partial charge in [0.05, 0.1) is 28.6 Å². The van der Waals surface area contributed by atoms with Crippen LogP contribution in [0.25, 0.3) is 0 Å². The summed E-state index contributed by atoms with van der Waals surface area (Å²) in [4.78, 5) is 48.3. The number of thioether (sulfide) groups is 1. The highest BCUT2D eigenvalue weighted by atomic mass is 32.2. The molecule has 1 aliphatic rings. The fourth-order valence-electron chi connectivity index (χ4n) is 2.90. The van der Waals surface area contributed by atoms with Crippen LogP contribution in [0.4, 0.5) is 24.5 Å². The Morgan fingerprint density at radius 1 is 1.16 bits per heavy atom. The smallest absolute Gasteiger partial charge is 0.416 e. The number of carbonyl (C=O) groups excluding carboxylic acids is 4. The summed E-state index contributed by atoms with van der Waals surface area (Å²) in [7, 11) is 0. The van der Waals surface area contributed by atoms with E-state index in [0.29, 0.717) is 10.5 Å². The van der Waals surface area contributed by atoms with Gasteiger partial charge in [-0.15, -0.1) is 11.8 Å². The minimum absolute atomic E-state index is 0.0166. The number of benzene rings is 2. The van der Waals surface area contributed by atoms with Crippen LogP contribution in [-0.2, 0) is 25.3 Å².